The van der Waals surface area contributed by atoms with E-state index in [1.54, 1.807) is 18.2 Å². The minimum Gasteiger partial charge on any atom is -0.232 e. The van der Waals surface area contributed by atoms with Crippen molar-refractivity contribution in [2.45, 2.75) is 16.4 Å². The normalized spacial score (nSPS) is 12.4. The van der Waals surface area contributed by atoms with Gasteiger partial charge < -0.3 is 0 Å². The van der Waals surface area contributed by atoms with E-state index in [-0.39, 0.29) is 16.3 Å². The molecule has 3 rings (SSSR count). The minimum atomic E-state index is -4.64. The van der Waals surface area contributed by atoms with Crippen molar-refractivity contribution < 1.29 is 21.6 Å². The van der Waals surface area contributed by atoms with E-state index in [9.17, 15) is 21.6 Å². The summed E-state index contributed by atoms with van der Waals surface area (Å²) in [6, 6.07) is 11.4. The number of nitrogens with two attached hydrogens (primary N) is 1. The Morgan fingerprint density at radius 2 is 1.71 bits per heavy atom. The highest BCUT2D eigenvalue weighted by molar-refractivity contribution is 9.10. The molecule has 0 atom stereocenters. The number of nitrogens with zero attached hydrogens (tertiary/aromatic N) is 2. The van der Waals surface area contributed by atoms with Crippen molar-refractivity contribution in [3.05, 3.63) is 64.3 Å². The number of hydrogen-bond acceptors (Lipinski definition) is 3. The summed E-state index contributed by atoms with van der Waals surface area (Å²) in [4.78, 5) is -0.149. The van der Waals surface area contributed by atoms with Gasteiger partial charge in [-0.05, 0) is 48.0 Å². The molecule has 2 N–H and O–H groups in total. The van der Waals surface area contributed by atoms with Crippen LogP contribution in [0.4, 0.5) is 13.2 Å². The maximum atomic E-state index is 13.3. The first-order chi connectivity index (χ1) is 13.0. The number of rotatable bonds is 4. The second-order valence-electron chi connectivity index (χ2n) is 5.80. The van der Waals surface area contributed by atoms with Crippen LogP contribution in [0.15, 0.2) is 57.9 Å². The maximum Gasteiger partial charge on any atom is 0.435 e. The number of halogens is 5. The molecule has 0 saturated carbocycles. The fourth-order valence-corrected chi connectivity index (χ4v) is 3.95. The van der Waals surface area contributed by atoms with Crippen molar-refractivity contribution in [2.24, 2.45) is 5.14 Å². The van der Waals surface area contributed by atoms with Gasteiger partial charge in [-0.15, -0.1) is 0 Å². The van der Waals surface area contributed by atoms with Crippen LogP contribution in [0, 0.1) is 0 Å². The van der Waals surface area contributed by atoms with Crippen molar-refractivity contribution in [1.29, 1.82) is 0 Å². The Bertz CT molecular complexity index is 1130. The van der Waals surface area contributed by atoms with Crippen molar-refractivity contribution in [2.75, 3.05) is 0 Å². The summed E-state index contributed by atoms with van der Waals surface area (Å²) in [6.07, 6.45) is -4.64. The van der Waals surface area contributed by atoms with E-state index >= 15 is 0 Å². The number of alkyl halides is 4. The van der Waals surface area contributed by atoms with E-state index in [0.29, 0.717) is 15.4 Å². The monoisotopic (exact) mass is 537 g/mol. The first kappa shape index (κ1) is 21.0. The molecular formula is C17H12Br2F3N3O2S. The molecule has 1 aromatic heterocycles. The Morgan fingerprint density at radius 3 is 2.25 bits per heavy atom. The van der Waals surface area contributed by atoms with Gasteiger partial charge in [0.15, 0.2) is 5.69 Å². The maximum absolute atomic E-state index is 13.3. The van der Waals surface area contributed by atoms with Crippen molar-refractivity contribution in [1.82, 2.24) is 9.78 Å². The average molecular weight is 539 g/mol. The minimum absolute atomic E-state index is 0.149. The fourth-order valence-electron chi connectivity index (χ4n) is 2.59. The van der Waals surface area contributed by atoms with Gasteiger partial charge in [-0.3, -0.25) is 0 Å². The molecule has 1 heterocycles. The topological polar surface area (TPSA) is 78.0 Å². The lowest BCUT2D eigenvalue weighted by Crippen LogP contribution is -2.12. The molecule has 0 amide bonds. The number of benzene rings is 2. The van der Waals surface area contributed by atoms with Gasteiger partial charge in [0.25, 0.3) is 0 Å². The standard InChI is InChI=1S/C17H12Br2F3N3O2S/c18-9-10-1-2-11(19)7-14(10)15-8-16(17(20,21)22)24-25(15)12-3-5-13(6-4-12)28(23,26)27/h1-8H,9H2,(H2,23,26,27). The Balaban J connectivity index is 2.24. The van der Waals surface area contributed by atoms with Crippen LogP contribution in [0.2, 0.25) is 0 Å². The number of hydrogen-bond donors (Lipinski definition) is 1. The summed E-state index contributed by atoms with van der Waals surface area (Å²) >= 11 is 6.67. The first-order valence-corrected chi connectivity index (χ1v) is 11.1. The van der Waals surface area contributed by atoms with Gasteiger partial charge in [-0.1, -0.05) is 37.9 Å². The van der Waals surface area contributed by atoms with Crippen LogP contribution in [-0.4, -0.2) is 18.2 Å². The molecule has 0 saturated heterocycles. The molecule has 0 unspecified atom stereocenters. The molecule has 0 spiro atoms. The van der Waals surface area contributed by atoms with Crippen LogP contribution in [0.1, 0.15) is 11.3 Å². The Labute approximate surface area is 175 Å². The zero-order chi connectivity index (χ0) is 20.7. The lowest BCUT2D eigenvalue weighted by molar-refractivity contribution is -0.141. The molecule has 0 aliphatic rings. The summed E-state index contributed by atoms with van der Waals surface area (Å²) < 4.78 is 64.6. The van der Waals surface area contributed by atoms with Crippen LogP contribution >= 0.6 is 31.9 Å². The molecule has 3 aromatic rings. The lowest BCUT2D eigenvalue weighted by Gasteiger charge is -2.12. The molecule has 11 heteroatoms. The average Bonchev–Trinajstić information content (AvgIpc) is 3.06. The number of aromatic nitrogens is 2. The third-order valence-corrected chi connectivity index (χ3v) is 5.93. The summed E-state index contributed by atoms with van der Waals surface area (Å²) in [5.74, 6) is 0. The van der Waals surface area contributed by atoms with E-state index in [4.69, 9.17) is 5.14 Å². The largest absolute Gasteiger partial charge is 0.435 e. The predicted octanol–water partition coefficient (Wildman–Crippen LogP) is 4.86. The number of sulfonamides is 1. The molecular weight excluding hydrogens is 527 g/mol. The van der Waals surface area contributed by atoms with Gasteiger partial charge in [-0.2, -0.15) is 18.3 Å². The van der Waals surface area contributed by atoms with E-state index in [1.807, 2.05) is 0 Å². The zero-order valence-corrected chi connectivity index (χ0v) is 17.9. The van der Waals surface area contributed by atoms with Gasteiger partial charge in [0.1, 0.15) is 0 Å². The molecule has 28 heavy (non-hydrogen) atoms. The molecule has 5 nitrogen and oxygen atoms in total. The molecule has 2 aromatic carbocycles. The zero-order valence-electron chi connectivity index (χ0n) is 13.9. The van der Waals surface area contributed by atoms with Gasteiger partial charge in [-0.25, -0.2) is 18.2 Å². The predicted molar refractivity (Wildman–Crippen MR) is 106 cm³/mol. The van der Waals surface area contributed by atoms with E-state index in [1.165, 1.54) is 24.3 Å². The summed E-state index contributed by atoms with van der Waals surface area (Å²) in [6.45, 7) is 0. The van der Waals surface area contributed by atoms with Crippen LogP contribution in [0.5, 0.6) is 0 Å². The van der Waals surface area contributed by atoms with E-state index in [2.05, 4.69) is 37.0 Å². The molecule has 0 fully saturated rings. The second-order valence-corrected chi connectivity index (χ2v) is 8.84. The highest BCUT2D eigenvalue weighted by atomic mass is 79.9. The Morgan fingerprint density at radius 1 is 1.07 bits per heavy atom. The third kappa shape index (κ3) is 4.32. The van der Waals surface area contributed by atoms with Crippen LogP contribution in [0.25, 0.3) is 16.9 Å². The Hall–Kier alpha value is -1.69. The van der Waals surface area contributed by atoms with Crippen LogP contribution in [-0.2, 0) is 21.5 Å². The van der Waals surface area contributed by atoms with Gasteiger partial charge in [0.2, 0.25) is 10.0 Å². The van der Waals surface area contributed by atoms with E-state index in [0.717, 1.165) is 16.3 Å². The van der Waals surface area contributed by atoms with Gasteiger partial charge in [0, 0.05) is 15.4 Å². The van der Waals surface area contributed by atoms with Crippen molar-refractivity contribution in [3.63, 3.8) is 0 Å². The smallest absolute Gasteiger partial charge is 0.232 e. The molecule has 0 radical (unpaired) electrons. The van der Waals surface area contributed by atoms with Crippen LogP contribution in [0.3, 0.4) is 0 Å². The van der Waals surface area contributed by atoms with Gasteiger partial charge >= 0.3 is 6.18 Å². The highest BCUT2D eigenvalue weighted by Crippen LogP contribution is 2.36. The Kier molecular flexibility index (Phi) is 5.72. The highest BCUT2D eigenvalue weighted by Gasteiger charge is 2.35. The fraction of sp³-hybridized carbons (Fsp3) is 0.118. The lowest BCUT2D eigenvalue weighted by atomic mass is 10.1. The van der Waals surface area contributed by atoms with Crippen molar-refractivity contribution in [3.8, 4) is 16.9 Å². The molecule has 0 aliphatic heterocycles. The summed E-state index contributed by atoms with van der Waals surface area (Å²) in [5.41, 5.74) is 0.729. The molecule has 0 bridgehead atoms. The molecule has 0 aliphatic carbocycles. The quantitative estimate of drug-likeness (QED) is 0.482. The number of primary sulfonamides is 1. The molecule has 148 valence electrons. The second kappa shape index (κ2) is 7.62. The van der Waals surface area contributed by atoms with Crippen molar-refractivity contribution >= 4 is 41.9 Å². The first-order valence-electron chi connectivity index (χ1n) is 7.66. The van der Waals surface area contributed by atoms with Gasteiger partial charge in [0.05, 0.1) is 16.3 Å². The van der Waals surface area contributed by atoms with Crippen LogP contribution < -0.4 is 5.14 Å². The SMILES string of the molecule is NS(=O)(=O)c1ccc(-n2nc(C(F)(F)F)cc2-c2cc(Br)ccc2CBr)cc1. The third-order valence-electron chi connectivity index (χ3n) is 3.90. The summed E-state index contributed by atoms with van der Waals surface area (Å²) in [5, 5.41) is 9.20. The summed E-state index contributed by atoms with van der Waals surface area (Å²) in [7, 11) is -3.92. The van der Waals surface area contributed by atoms with E-state index < -0.39 is 21.9 Å².